The summed E-state index contributed by atoms with van der Waals surface area (Å²) < 4.78 is 11.3. The molecular formula is C19H19N3O3S. The Morgan fingerprint density at radius 3 is 3.15 bits per heavy atom. The second-order valence-electron chi connectivity index (χ2n) is 6.33. The lowest BCUT2D eigenvalue weighted by Gasteiger charge is -2.16. The Bertz CT molecular complexity index is 885. The molecule has 1 fully saturated rings. The molecule has 134 valence electrons. The number of likely N-dealkylation sites (tertiary alicyclic amines) is 1. The molecule has 1 aliphatic rings. The lowest BCUT2D eigenvalue weighted by Crippen LogP contribution is -2.30. The predicted molar refractivity (Wildman–Crippen MR) is 99.2 cm³/mol. The van der Waals surface area contributed by atoms with Gasteiger partial charge in [0.1, 0.15) is 12.4 Å². The van der Waals surface area contributed by atoms with Crippen LogP contribution in [0.15, 0.2) is 47.5 Å². The number of aromatic nitrogens is 2. The maximum atomic E-state index is 12.1. The van der Waals surface area contributed by atoms with Crippen LogP contribution in [0.2, 0.25) is 0 Å². The average molecular weight is 369 g/mol. The van der Waals surface area contributed by atoms with Crippen molar-refractivity contribution in [3.8, 4) is 5.75 Å². The van der Waals surface area contributed by atoms with Crippen LogP contribution in [-0.2, 0) is 11.3 Å². The van der Waals surface area contributed by atoms with Crippen LogP contribution < -0.4 is 4.74 Å². The maximum Gasteiger partial charge on any atom is 0.410 e. The van der Waals surface area contributed by atoms with E-state index < -0.39 is 0 Å². The highest BCUT2D eigenvalue weighted by Crippen LogP contribution is 2.23. The van der Waals surface area contributed by atoms with Gasteiger partial charge < -0.3 is 14.4 Å². The number of carbonyl (C=O) groups is 1. The molecule has 26 heavy (non-hydrogen) atoms. The highest BCUT2D eigenvalue weighted by molar-refractivity contribution is 7.07. The molecular weight excluding hydrogens is 350 g/mol. The molecule has 7 heteroatoms. The molecule has 6 nitrogen and oxygen atoms in total. The minimum Gasteiger partial charge on any atom is -0.493 e. The minimum absolute atomic E-state index is 0.228. The molecule has 2 aromatic heterocycles. The Morgan fingerprint density at radius 1 is 1.31 bits per heavy atom. The Hall–Kier alpha value is -2.67. The molecule has 1 aromatic carbocycles. The highest BCUT2D eigenvalue weighted by Gasteiger charge is 2.27. The van der Waals surface area contributed by atoms with E-state index >= 15 is 0 Å². The summed E-state index contributed by atoms with van der Waals surface area (Å²) in [7, 11) is 0. The second kappa shape index (κ2) is 7.70. The zero-order valence-electron chi connectivity index (χ0n) is 14.2. The first-order valence-electron chi connectivity index (χ1n) is 8.53. The summed E-state index contributed by atoms with van der Waals surface area (Å²) >= 11 is 1.49. The smallest absolute Gasteiger partial charge is 0.410 e. The molecule has 0 aliphatic carbocycles. The lowest BCUT2D eigenvalue weighted by atomic mass is 10.1. The topological polar surface area (TPSA) is 64.5 Å². The number of hydrogen-bond donors (Lipinski definition) is 0. The first kappa shape index (κ1) is 16.8. The molecule has 1 aliphatic heterocycles. The number of amides is 1. The summed E-state index contributed by atoms with van der Waals surface area (Å²) in [6, 6.07) is 7.96. The Labute approximate surface area is 155 Å². The van der Waals surface area contributed by atoms with Gasteiger partial charge in [0.25, 0.3) is 0 Å². The normalized spacial score (nSPS) is 16.8. The number of pyridine rings is 1. The fourth-order valence-electron chi connectivity index (χ4n) is 3.04. The van der Waals surface area contributed by atoms with Gasteiger partial charge in [-0.1, -0.05) is 0 Å². The van der Waals surface area contributed by atoms with Gasteiger partial charge in [-0.15, -0.1) is 11.3 Å². The lowest BCUT2D eigenvalue weighted by molar-refractivity contribution is 0.101. The van der Waals surface area contributed by atoms with E-state index in [9.17, 15) is 4.79 Å². The number of nitrogens with zero attached hydrogens (tertiary/aromatic N) is 3. The van der Waals surface area contributed by atoms with Crippen molar-refractivity contribution >= 4 is 28.2 Å². The molecule has 3 heterocycles. The molecule has 0 bridgehead atoms. The number of benzene rings is 1. The van der Waals surface area contributed by atoms with Crippen LogP contribution in [0.4, 0.5) is 4.79 Å². The van der Waals surface area contributed by atoms with E-state index in [-0.39, 0.29) is 12.7 Å². The first-order valence-corrected chi connectivity index (χ1v) is 9.47. The van der Waals surface area contributed by atoms with Gasteiger partial charge in [0, 0.05) is 42.2 Å². The maximum absolute atomic E-state index is 12.1. The van der Waals surface area contributed by atoms with Crippen LogP contribution in [0.25, 0.3) is 10.8 Å². The van der Waals surface area contributed by atoms with E-state index in [1.807, 2.05) is 35.8 Å². The van der Waals surface area contributed by atoms with Gasteiger partial charge in [0.2, 0.25) is 0 Å². The minimum atomic E-state index is -0.279. The Balaban J connectivity index is 1.26. The molecule has 1 unspecified atom stereocenters. The van der Waals surface area contributed by atoms with E-state index in [1.54, 1.807) is 16.6 Å². The van der Waals surface area contributed by atoms with E-state index in [0.29, 0.717) is 25.6 Å². The summed E-state index contributed by atoms with van der Waals surface area (Å²) in [5.41, 5.74) is 2.52. The fourth-order valence-corrected chi connectivity index (χ4v) is 3.58. The van der Waals surface area contributed by atoms with Crippen molar-refractivity contribution in [2.75, 3.05) is 19.7 Å². The number of rotatable bonds is 5. The van der Waals surface area contributed by atoms with Crippen molar-refractivity contribution in [3.05, 3.63) is 53.2 Å². The largest absolute Gasteiger partial charge is 0.493 e. The van der Waals surface area contributed by atoms with Gasteiger partial charge in [0.15, 0.2) is 0 Å². The van der Waals surface area contributed by atoms with Crippen molar-refractivity contribution in [2.45, 2.75) is 13.0 Å². The molecule has 0 saturated carbocycles. The van der Waals surface area contributed by atoms with Gasteiger partial charge in [0.05, 0.1) is 17.8 Å². The molecule has 4 rings (SSSR count). The van der Waals surface area contributed by atoms with Crippen LogP contribution in [-0.4, -0.2) is 40.7 Å². The van der Waals surface area contributed by atoms with Crippen LogP contribution in [0.5, 0.6) is 5.75 Å². The average Bonchev–Trinajstić information content (AvgIpc) is 3.36. The molecule has 0 N–H and O–H groups in total. The predicted octanol–water partition coefficient (Wildman–Crippen LogP) is 3.73. The van der Waals surface area contributed by atoms with Gasteiger partial charge in [-0.3, -0.25) is 4.98 Å². The number of fused-ring (bicyclic) bond motifs is 1. The van der Waals surface area contributed by atoms with Gasteiger partial charge in [-0.2, -0.15) is 0 Å². The molecule has 1 atom stereocenters. The third-order valence-electron chi connectivity index (χ3n) is 4.47. The van der Waals surface area contributed by atoms with Crippen molar-refractivity contribution in [2.24, 2.45) is 5.92 Å². The van der Waals surface area contributed by atoms with Crippen LogP contribution in [0, 0.1) is 5.92 Å². The van der Waals surface area contributed by atoms with E-state index in [4.69, 9.17) is 9.47 Å². The zero-order valence-corrected chi connectivity index (χ0v) is 15.0. The van der Waals surface area contributed by atoms with Crippen LogP contribution in [0.3, 0.4) is 0 Å². The Kier molecular flexibility index (Phi) is 4.97. The van der Waals surface area contributed by atoms with Gasteiger partial charge in [-0.05, 0) is 36.1 Å². The number of hydrogen-bond acceptors (Lipinski definition) is 6. The fraction of sp³-hybridized carbons (Fsp3) is 0.316. The summed E-state index contributed by atoms with van der Waals surface area (Å²) in [6.07, 6.45) is 4.26. The number of thiazole rings is 1. The third-order valence-corrected chi connectivity index (χ3v) is 5.10. The number of ether oxygens (including phenoxy) is 2. The molecule has 1 amide bonds. The van der Waals surface area contributed by atoms with Gasteiger partial charge >= 0.3 is 6.09 Å². The van der Waals surface area contributed by atoms with Crippen LogP contribution in [0.1, 0.15) is 12.1 Å². The van der Waals surface area contributed by atoms with Crippen molar-refractivity contribution in [1.82, 2.24) is 14.9 Å². The SMILES string of the molecule is O=C(OCc1cscn1)N1CCC(COc2ccc3cnccc3c2)C1. The van der Waals surface area contributed by atoms with E-state index in [0.717, 1.165) is 28.6 Å². The van der Waals surface area contributed by atoms with Crippen molar-refractivity contribution < 1.29 is 14.3 Å². The van der Waals surface area contributed by atoms with Crippen LogP contribution >= 0.6 is 11.3 Å². The molecule has 3 aromatic rings. The summed E-state index contributed by atoms with van der Waals surface area (Å²) in [4.78, 5) is 22.1. The van der Waals surface area contributed by atoms with Crippen molar-refractivity contribution in [3.63, 3.8) is 0 Å². The molecule has 0 spiro atoms. The standard InChI is InChI=1S/C19H19N3O3S/c23-19(25-11-17-12-26-13-21-17)22-6-4-14(9-22)10-24-18-2-1-16-8-20-5-3-15(16)7-18/h1-3,5,7-8,12-14H,4,6,9-11H2. The van der Waals surface area contributed by atoms with Crippen molar-refractivity contribution in [1.29, 1.82) is 0 Å². The monoisotopic (exact) mass is 369 g/mol. The van der Waals surface area contributed by atoms with E-state index in [1.165, 1.54) is 11.3 Å². The van der Waals surface area contributed by atoms with E-state index in [2.05, 4.69) is 9.97 Å². The molecule has 0 radical (unpaired) electrons. The quantitative estimate of drug-likeness (QED) is 0.686. The zero-order chi connectivity index (χ0) is 17.8. The summed E-state index contributed by atoms with van der Waals surface area (Å²) in [5, 5.41) is 4.08. The Morgan fingerprint density at radius 2 is 2.27 bits per heavy atom. The third kappa shape index (κ3) is 3.94. The summed E-state index contributed by atoms with van der Waals surface area (Å²) in [6.45, 7) is 2.18. The highest BCUT2D eigenvalue weighted by atomic mass is 32.1. The molecule has 1 saturated heterocycles. The van der Waals surface area contributed by atoms with Gasteiger partial charge in [-0.25, -0.2) is 9.78 Å². The number of carbonyl (C=O) groups excluding carboxylic acids is 1. The second-order valence-corrected chi connectivity index (χ2v) is 7.05. The summed E-state index contributed by atoms with van der Waals surface area (Å²) in [5.74, 6) is 1.16. The first-order chi connectivity index (χ1) is 12.8.